The SMILES string of the molecule is O=C1C(O)C1(O)Oc1ccc(-c2ccc(-c3nc4ccccc4n3-c3ccccc3)cc2)cc1. The van der Waals surface area contributed by atoms with E-state index in [0.717, 1.165) is 39.2 Å². The first-order valence-electron chi connectivity index (χ1n) is 10.9. The number of rotatable bonds is 5. The van der Waals surface area contributed by atoms with Crippen molar-refractivity contribution < 1.29 is 19.7 Å². The lowest BCUT2D eigenvalue weighted by Crippen LogP contribution is -2.23. The number of aromatic nitrogens is 2. The number of carbonyl (C=O) groups excluding carboxylic acids is 1. The molecule has 0 radical (unpaired) electrons. The molecule has 166 valence electrons. The second-order valence-electron chi connectivity index (χ2n) is 8.26. The standard InChI is InChI=1S/C28H20N2O4/c31-25-26(32)28(25,33)34-22-16-14-19(15-17-22)18-10-12-20(13-11-18)27-29-23-8-4-5-9-24(23)30(27)21-6-2-1-3-7-21/h1-17,25,31,33H. The van der Waals surface area contributed by atoms with Gasteiger partial charge in [0.25, 0.3) is 0 Å². The molecule has 2 unspecified atom stereocenters. The monoisotopic (exact) mass is 448 g/mol. The summed E-state index contributed by atoms with van der Waals surface area (Å²) in [4.78, 5) is 16.2. The molecule has 1 fully saturated rings. The molecule has 2 atom stereocenters. The summed E-state index contributed by atoms with van der Waals surface area (Å²) < 4.78 is 7.40. The van der Waals surface area contributed by atoms with Crippen LogP contribution in [0.4, 0.5) is 0 Å². The van der Waals surface area contributed by atoms with Crippen LogP contribution in [0.5, 0.6) is 5.75 Å². The highest BCUT2D eigenvalue weighted by Gasteiger charge is 2.68. The number of Topliss-reactive ketones (excluding diaryl/α,β-unsaturated/α-hetero) is 1. The second kappa shape index (κ2) is 7.66. The Hall–Kier alpha value is -4.26. The van der Waals surface area contributed by atoms with Gasteiger partial charge in [0.05, 0.1) is 11.0 Å². The number of carbonyl (C=O) groups is 1. The predicted molar refractivity (Wildman–Crippen MR) is 129 cm³/mol. The number of para-hydroxylation sites is 3. The third kappa shape index (κ3) is 3.28. The molecule has 4 aromatic carbocycles. The number of hydrogen-bond acceptors (Lipinski definition) is 5. The highest BCUT2D eigenvalue weighted by molar-refractivity contribution is 6.08. The summed E-state index contributed by atoms with van der Waals surface area (Å²) >= 11 is 0. The van der Waals surface area contributed by atoms with Crippen LogP contribution in [0.3, 0.4) is 0 Å². The van der Waals surface area contributed by atoms with Gasteiger partial charge in [-0.3, -0.25) is 9.36 Å². The van der Waals surface area contributed by atoms with Gasteiger partial charge < -0.3 is 14.9 Å². The molecule has 1 aliphatic carbocycles. The molecule has 0 spiro atoms. The van der Waals surface area contributed by atoms with E-state index in [0.29, 0.717) is 5.75 Å². The molecular formula is C28H20N2O4. The van der Waals surface area contributed by atoms with Gasteiger partial charge in [0.1, 0.15) is 11.6 Å². The number of benzene rings is 4. The molecule has 6 nitrogen and oxygen atoms in total. The van der Waals surface area contributed by atoms with E-state index in [-0.39, 0.29) is 0 Å². The molecular weight excluding hydrogens is 428 g/mol. The Morgan fingerprint density at radius 1 is 0.765 bits per heavy atom. The molecule has 0 bridgehead atoms. The number of imidazole rings is 1. The zero-order valence-corrected chi connectivity index (χ0v) is 18.0. The molecule has 0 amide bonds. The molecule has 1 aromatic heterocycles. The fraction of sp³-hybridized carbons (Fsp3) is 0.0714. The Morgan fingerprint density at radius 3 is 1.97 bits per heavy atom. The maximum atomic E-state index is 11.3. The largest absolute Gasteiger partial charge is 0.452 e. The molecule has 6 heteroatoms. The average Bonchev–Trinajstić information content (AvgIpc) is 3.20. The number of aliphatic hydroxyl groups is 2. The lowest BCUT2D eigenvalue weighted by molar-refractivity contribution is -0.129. The van der Waals surface area contributed by atoms with E-state index in [2.05, 4.69) is 22.8 Å². The third-order valence-corrected chi connectivity index (χ3v) is 6.07. The van der Waals surface area contributed by atoms with Crippen molar-refractivity contribution in [1.29, 1.82) is 0 Å². The van der Waals surface area contributed by atoms with Crippen LogP contribution < -0.4 is 4.74 Å². The van der Waals surface area contributed by atoms with Gasteiger partial charge in [0, 0.05) is 11.3 Å². The highest BCUT2D eigenvalue weighted by atomic mass is 16.7. The summed E-state index contributed by atoms with van der Waals surface area (Å²) in [5.41, 5.74) is 5.97. The minimum Gasteiger partial charge on any atom is -0.452 e. The Balaban J connectivity index is 1.32. The first-order chi connectivity index (χ1) is 16.5. The lowest BCUT2D eigenvalue weighted by Gasteiger charge is -2.11. The molecule has 34 heavy (non-hydrogen) atoms. The van der Waals surface area contributed by atoms with Crippen LogP contribution in [0.2, 0.25) is 0 Å². The Bertz CT molecular complexity index is 1510. The number of fused-ring (bicyclic) bond motifs is 1. The maximum absolute atomic E-state index is 11.3. The van der Waals surface area contributed by atoms with Crippen LogP contribution in [-0.2, 0) is 4.79 Å². The van der Waals surface area contributed by atoms with E-state index < -0.39 is 17.7 Å². The van der Waals surface area contributed by atoms with Gasteiger partial charge in [-0.1, -0.05) is 66.7 Å². The zero-order valence-electron chi connectivity index (χ0n) is 18.0. The molecule has 0 saturated heterocycles. The molecule has 2 N–H and O–H groups in total. The average molecular weight is 448 g/mol. The van der Waals surface area contributed by atoms with Gasteiger partial charge in [-0.2, -0.15) is 0 Å². The minimum atomic E-state index is -2.12. The van der Waals surface area contributed by atoms with E-state index in [1.807, 2.05) is 72.8 Å². The van der Waals surface area contributed by atoms with Crippen molar-refractivity contribution in [3.63, 3.8) is 0 Å². The highest BCUT2D eigenvalue weighted by Crippen LogP contribution is 2.35. The zero-order chi connectivity index (χ0) is 23.3. The number of ketones is 1. The Kier molecular flexibility index (Phi) is 4.58. The topological polar surface area (TPSA) is 84.6 Å². The van der Waals surface area contributed by atoms with Crippen molar-refractivity contribution in [2.24, 2.45) is 0 Å². The van der Waals surface area contributed by atoms with Crippen LogP contribution in [-0.4, -0.2) is 37.4 Å². The van der Waals surface area contributed by atoms with Gasteiger partial charge in [-0.15, -0.1) is 0 Å². The van der Waals surface area contributed by atoms with E-state index >= 15 is 0 Å². The van der Waals surface area contributed by atoms with Crippen molar-refractivity contribution in [1.82, 2.24) is 9.55 Å². The van der Waals surface area contributed by atoms with Crippen molar-refractivity contribution in [3.8, 4) is 34.0 Å². The summed E-state index contributed by atoms with van der Waals surface area (Å²) in [6.45, 7) is 0. The first-order valence-corrected chi connectivity index (χ1v) is 10.9. The molecule has 1 heterocycles. The molecule has 1 aliphatic rings. The second-order valence-corrected chi connectivity index (χ2v) is 8.26. The lowest BCUT2D eigenvalue weighted by atomic mass is 10.0. The van der Waals surface area contributed by atoms with Crippen molar-refractivity contribution in [2.75, 3.05) is 0 Å². The number of ether oxygens (including phenoxy) is 1. The van der Waals surface area contributed by atoms with E-state index in [1.54, 1.807) is 12.1 Å². The van der Waals surface area contributed by atoms with Gasteiger partial charge >= 0.3 is 5.79 Å². The number of hydrogen-bond donors (Lipinski definition) is 2. The normalized spacial score (nSPS) is 19.4. The Labute approximate surface area is 195 Å². The van der Waals surface area contributed by atoms with Gasteiger partial charge in [0.2, 0.25) is 5.78 Å². The Morgan fingerprint density at radius 2 is 1.32 bits per heavy atom. The fourth-order valence-corrected chi connectivity index (χ4v) is 4.13. The van der Waals surface area contributed by atoms with Crippen molar-refractivity contribution in [2.45, 2.75) is 11.9 Å². The van der Waals surface area contributed by atoms with Crippen LogP contribution in [0.1, 0.15) is 0 Å². The van der Waals surface area contributed by atoms with Crippen LogP contribution in [0.15, 0.2) is 103 Å². The fourth-order valence-electron chi connectivity index (χ4n) is 4.13. The van der Waals surface area contributed by atoms with Gasteiger partial charge in [-0.05, 0) is 47.5 Å². The summed E-state index contributed by atoms with van der Waals surface area (Å²) in [7, 11) is 0. The van der Waals surface area contributed by atoms with E-state index in [4.69, 9.17) is 9.72 Å². The first kappa shape index (κ1) is 20.4. The molecule has 6 rings (SSSR count). The van der Waals surface area contributed by atoms with Crippen LogP contribution in [0.25, 0.3) is 39.2 Å². The van der Waals surface area contributed by atoms with Crippen molar-refractivity contribution >= 4 is 16.8 Å². The summed E-state index contributed by atoms with van der Waals surface area (Å²) in [6.07, 6.45) is -1.49. The third-order valence-electron chi connectivity index (χ3n) is 6.07. The van der Waals surface area contributed by atoms with Gasteiger partial charge in [-0.25, -0.2) is 4.98 Å². The number of aliphatic hydroxyl groups excluding tert-OH is 1. The molecule has 5 aromatic rings. The summed E-state index contributed by atoms with van der Waals surface area (Å²) in [5.74, 6) is -1.67. The molecule has 1 saturated carbocycles. The van der Waals surface area contributed by atoms with E-state index in [1.165, 1.54) is 0 Å². The number of nitrogens with zero attached hydrogens (tertiary/aromatic N) is 2. The van der Waals surface area contributed by atoms with E-state index in [9.17, 15) is 15.0 Å². The summed E-state index contributed by atoms with van der Waals surface area (Å²) in [5, 5.41) is 19.2. The predicted octanol–water partition coefficient (Wildman–Crippen LogP) is 4.37. The van der Waals surface area contributed by atoms with Crippen LogP contribution in [0, 0.1) is 0 Å². The van der Waals surface area contributed by atoms with Gasteiger partial charge in [0.15, 0.2) is 6.10 Å². The molecule has 0 aliphatic heterocycles. The summed E-state index contributed by atoms with van der Waals surface area (Å²) in [6, 6.07) is 33.4. The smallest absolute Gasteiger partial charge is 0.305 e. The van der Waals surface area contributed by atoms with Crippen molar-refractivity contribution in [3.05, 3.63) is 103 Å². The van der Waals surface area contributed by atoms with Crippen LogP contribution >= 0.6 is 0 Å². The minimum absolute atomic E-state index is 0.310. The maximum Gasteiger partial charge on any atom is 0.305 e. The quantitative estimate of drug-likeness (QED) is 0.390.